The maximum atomic E-state index is 14.1. The van der Waals surface area contributed by atoms with Crippen molar-refractivity contribution in [2.45, 2.75) is 26.7 Å². The Bertz CT molecular complexity index is 860. The number of fused-ring (bicyclic) bond motifs is 1. The lowest BCUT2D eigenvalue weighted by Crippen LogP contribution is -2.37. The van der Waals surface area contributed by atoms with Gasteiger partial charge in [-0.3, -0.25) is 9.78 Å². The number of pyridine rings is 1. The summed E-state index contributed by atoms with van der Waals surface area (Å²) in [6, 6.07) is 2.77. The normalized spacial score (nSPS) is 15.3. The molecule has 0 atom stereocenters. The first-order valence-electron chi connectivity index (χ1n) is 8.66. The first-order chi connectivity index (χ1) is 12.4. The smallest absolute Gasteiger partial charge is 0.341 e. The van der Waals surface area contributed by atoms with E-state index < -0.39 is 23.7 Å². The van der Waals surface area contributed by atoms with Gasteiger partial charge < -0.3 is 14.7 Å². The first kappa shape index (κ1) is 18.1. The molecule has 2 heterocycles. The number of benzene rings is 1. The van der Waals surface area contributed by atoms with Crippen LogP contribution in [0.3, 0.4) is 0 Å². The first-order valence-corrected chi connectivity index (χ1v) is 8.66. The van der Waals surface area contributed by atoms with E-state index >= 15 is 0 Å². The number of carbonyl (C=O) groups excluding carboxylic acids is 1. The summed E-state index contributed by atoms with van der Waals surface area (Å²) in [6.45, 7) is 4.65. The Morgan fingerprint density at radius 1 is 1.35 bits per heavy atom. The molecule has 1 saturated heterocycles. The molecule has 1 aliphatic rings. The Labute approximate surface area is 150 Å². The van der Waals surface area contributed by atoms with Gasteiger partial charge in [0, 0.05) is 24.7 Å². The van der Waals surface area contributed by atoms with E-state index in [1.807, 2.05) is 4.90 Å². The van der Waals surface area contributed by atoms with E-state index in [1.165, 1.54) is 18.3 Å². The lowest BCUT2D eigenvalue weighted by molar-refractivity contribution is -0.142. The summed E-state index contributed by atoms with van der Waals surface area (Å²) in [5, 5.41) is 9.74. The van der Waals surface area contributed by atoms with Gasteiger partial charge in [-0.1, -0.05) is 0 Å². The molecule has 0 bridgehead atoms. The van der Waals surface area contributed by atoms with Crippen LogP contribution < -0.4 is 4.90 Å². The van der Waals surface area contributed by atoms with Crippen LogP contribution in [0.2, 0.25) is 0 Å². The van der Waals surface area contributed by atoms with Crippen LogP contribution in [0, 0.1) is 18.7 Å². The van der Waals surface area contributed by atoms with Gasteiger partial charge in [0.2, 0.25) is 0 Å². The highest BCUT2D eigenvalue weighted by atomic mass is 19.1. The monoisotopic (exact) mass is 360 g/mol. The number of aryl methyl sites for hydroxylation is 1. The van der Waals surface area contributed by atoms with Crippen molar-refractivity contribution in [3.05, 3.63) is 35.3 Å². The number of carbonyl (C=O) groups is 2. The number of hydrogen-bond acceptors (Lipinski definition) is 5. The zero-order valence-electron chi connectivity index (χ0n) is 14.8. The van der Waals surface area contributed by atoms with E-state index in [0.29, 0.717) is 48.1 Å². The predicted molar refractivity (Wildman–Crippen MR) is 95.0 cm³/mol. The third-order valence-electron chi connectivity index (χ3n) is 4.75. The molecule has 0 spiro atoms. The number of esters is 1. The molecule has 0 radical (unpaired) electrons. The van der Waals surface area contributed by atoms with E-state index in [9.17, 15) is 19.1 Å². The second-order valence-corrected chi connectivity index (χ2v) is 6.46. The lowest BCUT2D eigenvalue weighted by atomic mass is 9.95. The Kier molecular flexibility index (Phi) is 5.06. The summed E-state index contributed by atoms with van der Waals surface area (Å²) in [5.74, 6) is -2.13. The molecular weight excluding hydrogens is 339 g/mol. The second kappa shape index (κ2) is 7.27. The number of carboxylic acid groups (broad SMARTS) is 1. The van der Waals surface area contributed by atoms with Gasteiger partial charge in [0.1, 0.15) is 11.4 Å². The fourth-order valence-corrected chi connectivity index (χ4v) is 3.47. The molecule has 0 aliphatic carbocycles. The topological polar surface area (TPSA) is 79.7 Å². The van der Waals surface area contributed by atoms with Crippen LogP contribution in [-0.4, -0.2) is 41.7 Å². The molecule has 0 saturated carbocycles. The minimum Gasteiger partial charge on any atom is -0.481 e. The molecule has 0 unspecified atom stereocenters. The number of nitrogens with zero attached hydrogens (tertiary/aromatic N) is 2. The molecular formula is C19H21FN2O4. The molecule has 1 fully saturated rings. The Hall–Kier alpha value is -2.70. The van der Waals surface area contributed by atoms with Gasteiger partial charge in [0.15, 0.2) is 0 Å². The van der Waals surface area contributed by atoms with Gasteiger partial charge in [0.05, 0.1) is 23.7 Å². The van der Waals surface area contributed by atoms with E-state index in [0.717, 1.165) is 0 Å². The van der Waals surface area contributed by atoms with Crippen LogP contribution >= 0.6 is 0 Å². The third-order valence-corrected chi connectivity index (χ3v) is 4.75. The Morgan fingerprint density at radius 3 is 2.65 bits per heavy atom. The average molecular weight is 360 g/mol. The van der Waals surface area contributed by atoms with Gasteiger partial charge in [-0.15, -0.1) is 0 Å². The summed E-state index contributed by atoms with van der Waals surface area (Å²) >= 11 is 0. The van der Waals surface area contributed by atoms with E-state index in [1.54, 1.807) is 13.8 Å². The second-order valence-electron chi connectivity index (χ2n) is 6.46. The number of hydrogen-bond donors (Lipinski definition) is 1. The molecule has 3 rings (SSSR count). The standard InChI is InChI=1S/C19H21FN2O4/c1-3-26-19(25)15-10-21-16-11(2)8-13(20)9-14(16)17(15)22-6-4-12(5-7-22)18(23)24/h8-10,12H,3-7H2,1-2H3,(H,23,24). The van der Waals surface area contributed by atoms with Crippen LogP contribution in [0.5, 0.6) is 0 Å². The highest BCUT2D eigenvalue weighted by Gasteiger charge is 2.29. The summed E-state index contributed by atoms with van der Waals surface area (Å²) in [5.41, 5.74) is 2.14. The maximum absolute atomic E-state index is 14.1. The summed E-state index contributed by atoms with van der Waals surface area (Å²) in [7, 11) is 0. The molecule has 2 aromatic rings. The Morgan fingerprint density at radius 2 is 2.04 bits per heavy atom. The molecule has 7 heteroatoms. The molecule has 26 heavy (non-hydrogen) atoms. The van der Waals surface area contributed by atoms with Crippen molar-refractivity contribution in [3.8, 4) is 0 Å². The number of ether oxygens (including phenoxy) is 1. The number of aromatic nitrogens is 1. The van der Waals surface area contributed by atoms with Crippen molar-refractivity contribution in [1.29, 1.82) is 0 Å². The number of carboxylic acids is 1. The molecule has 1 aliphatic heterocycles. The molecule has 138 valence electrons. The van der Waals surface area contributed by atoms with Gasteiger partial charge in [-0.05, 0) is 44.4 Å². The van der Waals surface area contributed by atoms with Crippen molar-refractivity contribution in [3.63, 3.8) is 0 Å². The number of rotatable bonds is 4. The van der Waals surface area contributed by atoms with E-state index in [-0.39, 0.29) is 12.2 Å². The maximum Gasteiger partial charge on any atom is 0.341 e. The fraction of sp³-hybridized carbons (Fsp3) is 0.421. The number of anilines is 1. The third kappa shape index (κ3) is 3.34. The molecule has 1 aromatic heterocycles. The van der Waals surface area contributed by atoms with Crippen LogP contribution in [0.4, 0.5) is 10.1 Å². The molecule has 0 amide bonds. The van der Waals surface area contributed by atoms with Crippen molar-refractivity contribution in [1.82, 2.24) is 4.98 Å². The Balaban J connectivity index is 2.12. The summed E-state index contributed by atoms with van der Waals surface area (Å²) < 4.78 is 19.2. The van der Waals surface area contributed by atoms with Gasteiger partial charge >= 0.3 is 11.9 Å². The van der Waals surface area contributed by atoms with Gasteiger partial charge in [0.25, 0.3) is 0 Å². The highest BCUT2D eigenvalue weighted by Crippen LogP contribution is 2.35. The van der Waals surface area contributed by atoms with E-state index in [4.69, 9.17) is 4.74 Å². The van der Waals surface area contributed by atoms with Crippen molar-refractivity contribution >= 4 is 28.5 Å². The van der Waals surface area contributed by atoms with Crippen LogP contribution in [0.1, 0.15) is 35.7 Å². The minimum absolute atomic E-state index is 0.222. The minimum atomic E-state index is -0.809. The SMILES string of the molecule is CCOC(=O)c1cnc2c(C)cc(F)cc2c1N1CCC(C(=O)O)CC1. The summed E-state index contributed by atoms with van der Waals surface area (Å²) in [6.07, 6.45) is 2.40. The van der Waals surface area contributed by atoms with Gasteiger partial charge in [-0.2, -0.15) is 0 Å². The van der Waals surface area contributed by atoms with Crippen LogP contribution in [-0.2, 0) is 9.53 Å². The molecule has 6 nitrogen and oxygen atoms in total. The highest BCUT2D eigenvalue weighted by molar-refractivity contribution is 6.06. The van der Waals surface area contributed by atoms with Crippen LogP contribution in [0.15, 0.2) is 18.3 Å². The lowest BCUT2D eigenvalue weighted by Gasteiger charge is -2.33. The zero-order valence-corrected chi connectivity index (χ0v) is 14.8. The zero-order chi connectivity index (χ0) is 18.8. The van der Waals surface area contributed by atoms with Crippen molar-refractivity contribution in [2.24, 2.45) is 5.92 Å². The summed E-state index contributed by atoms with van der Waals surface area (Å²) in [4.78, 5) is 29.9. The number of halogens is 1. The quantitative estimate of drug-likeness (QED) is 0.844. The molecule has 1 aromatic carbocycles. The van der Waals surface area contributed by atoms with Gasteiger partial charge in [-0.25, -0.2) is 9.18 Å². The van der Waals surface area contributed by atoms with Crippen LogP contribution in [0.25, 0.3) is 10.9 Å². The molecule has 1 N–H and O–H groups in total. The predicted octanol–water partition coefficient (Wildman–Crippen LogP) is 3.16. The fourth-order valence-electron chi connectivity index (χ4n) is 3.47. The average Bonchev–Trinajstić information content (AvgIpc) is 2.61. The number of aliphatic carboxylic acids is 1. The van der Waals surface area contributed by atoms with E-state index in [2.05, 4.69) is 4.98 Å². The number of piperidine rings is 1. The van der Waals surface area contributed by atoms with Crippen molar-refractivity contribution < 1.29 is 23.8 Å². The van der Waals surface area contributed by atoms with Crippen molar-refractivity contribution in [2.75, 3.05) is 24.6 Å². The largest absolute Gasteiger partial charge is 0.481 e.